The number of hydrogen-bond acceptors (Lipinski definition) is 11. The minimum absolute atomic E-state index is 0.285. The molecular weight excluding hydrogens is 576 g/mol. The molecule has 0 saturated heterocycles. The number of aliphatic carboxylic acids is 1. The molecule has 2 saturated carbocycles. The first-order valence-electron chi connectivity index (χ1n) is 14.2. The minimum Gasteiger partial charge on any atom is -0.504 e. The Labute approximate surface area is 253 Å². The first kappa shape index (κ1) is 32.7. The molecule has 4 atom stereocenters. The number of aliphatic hydroxyl groups excluding tert-OH is 2. The summed E-state index contributed by atoms with van der Waals surface area (Å²) in [7, 11) is 0. The lowest BCUT2D eigenvalue weighted by molar-refractivity contribution is -0.227. The molecule has 12 heteroatoms. The molecule has 0 aliphatic heterocycles. The second-order valence-corrected chi connectivity index (χ2v) is 11.3. The second-order valence-electron chi connectivity index (χ2n) is 11.3. The Balaban J connectivity index is 1.51. The minimum atomic E-state index is -2.11. The fourth-order valence-electron chi connectivity index (χ4n) is 5.59. The van der Waals surface area contributed by atoms with Crippen molar-refractivity contribution in [2.45, 2.75) is 74.5 Å². The molecule has 0 aromatic heterocycles. The molecule has 0 heterocycles. The molecular formula is C32H36O12. The van der Waals surface area contributed by atoms with Crippen LogP contribution in [0.1, 0.15) is 56.1 Å². The van der Waals surface area contributed by atoms with Gasteiger partial charge < -0.3 is 45.2 Å². The van der Waals surface area contributed by atoms with Crippen LogP contribution in [0.2, 0.25) is 0 Å². The van der Waals surface area contributed by atoms with Crippen molar-refractivity contribution < 1.29 is 59.6 Å². The maximum absolute atomic E-state index is 13.5. The SMILES string of the molecule is O=C(C=Cc1ccc(O)c(O)c1)COC1(C(=O)O)CC(O)C(O)C(OC2(C(=O)C=Cc3ccc(O)c(O)c3)CCCCC2)C1. The van der Waals surface area contributed by atoms with E-state index < -0.39 is 66.5 Å². The van der Waals surface area contributed by atoms with Crippen molar-refractivity contribution in [1.82, 2.24) is 0 Å². The first-order chi connectivity index (χ1) is 20.8. The lowest BCUT2D eigenvalue weighted by Crippen LogP contribution is -2.60. The molecule has 7 N–H and O–H groups in total. The second kappa shape index (κ2) is 13.6. The van der Waals surface area contributed by atoms with Crippen LogP contribution in [-0.4, -0.2) is 89.4 Å². The van der Waals surface area contributed by atoms with E-state index in [-0.39, 0.29) is 35.8 Å². The summed E-state index contributed by atoms with van der Waals surface area (Å²) in [5.74, 6) is -3.94. The molecule has 2 fully saturated rings. The number of aromatic hydroxyl groups is 4. The standard InChI is InChI=1S/C32H36O12/c33-21(8-4-19-5-9-22(34)24(36)14-19)18-43-32(30(41)42)16-26(38)29(40)27(17-32)44-31(12-2-1-3-13-31)28(39)11-7-20-6-10-23(35)25(37)15-20/h4-11,14-15,26-27,29,34-38,40H,1-3,12-13,16-18H2,(H,41,42). The van der Waals surface area contributed by atoms with Gasteiger partial charge in [0.15, 0.2) is 40.2 Å². The zero-order valence-corrected chi connectivity index (χ0v) is 23.8. The number of hydrogen-bond donors (Lipinski definition) is 7. The Bertz CT molecular complexity index is 1440. The topological polar surface area (TPSA) is 211 Å². The fraction of sp³-hybridized carbons (Fsp3) is 0.406. The number of ketones is 2. The number of carboxylic acid groups (broad SMARTS) is 1. The van der Waals surface area contributed by atoms with Crippen LogP contribution in [0.5, 0.6) is 23.0 Å². The summed E-state index contributed by atoms with van der Waals surface area (Å²) in [5.41, 5.74) is -2.70. The van der Waals surface area contributed by atoms with Crippen LogP contribution in [0.3, 0.4) is 0 Å². The van der Waals surface area contributed by atoms with Crippen LogP contribution in [0.25, 0.3) is 12.2 Å². The molecule has 0 radical (unpaired) electrons. The van der Waals surface area contributed by atoms with Crippen LogP contribution < -0.4 is 0 Å². The number of ether oxygens (including phenoxy) is 2. The van der Waals surface area contributed by atoms with Crippen LogP contribution in [0.15, 0.2) is 48.6 Å². The van der Waals surface area contributed by atoms with Crippen molar-refractivity contribution in [2.24, 2.45) is 0 Å². The van der Waals surface area contributed by atoms with E-state index in [4.69, 9.17) is 9.47 Å². The lowest BCUT2D eigenvalue weighted by atomic mass is 9.77. The van der Waals surface area contributed by atoms with Gasteiger partial charge in [-0.05, 0) is 60.4 Å². The summed E-state index contributed by atoms with van der Waals surface area (Å²) >= 11 is 0. The maximum atomic E-state index is 13.5. The maximum Gasteiger partial charge on any atom is 0.336 e. The van der Waals surface area contributed by atoms with Crippen molar-refractivity contribution in [3.05, 3.63) is 59.7 Å². The summed E-state index contributed by atoms with van der Waals surface area (Å²) in [5, 5.41) is 70.0. The van der Waals surface area contributed by atoms with E-state index in [0.717, 1.165) is 12.5 Å². The van der Waals surface area contributed by atoms with Gasteiger partial charge in [-0.25, -0.2) is 4.79 Å². The van der Waals surface area contributed by atoms with Gasteiger partial charge in [0.05, 0.1) is 12.2 Å². The number of carbonyl (C=O) groups is 3. The molecule has 0 spiro atoms. The predicted octanol–water partition coefficient (Wildman–Crippen LogP) is 2.82. The number of rotatable bonds is 11. The molecule has 4 rings (SSSR count). The number of phenolic OH excluding ortho intramolecular Hbond substituents is 4. The normalized spacial score (nSPS) is 25.3. The fourth-order valence-corrected chi connectivity index (χ4v) is 5.59. The number of aliphatic hydroxyl groups is 2. The van der Waals surface area contributed by atoms with E-state index in [1.54, 1.807) is 0 Å². The van der Waals surface area contributed by atoms with E-state index in [0.29, 0.717) is 24.0 Å². The molecule has 12 nitrogen and oxygen atoms in total. The van der Waals surface area contributed by atoms with E-state index in [9.17, 15) is 50.1 Å². The van der Waals surface area contributed by atoms with Gasteiger partial charge in [0, 0.05) is 12.8 Å². The van der Waals surface area contributed by atoms with Gasteiger partial charge in [0.1, 0.15) is 18.3 Å². The van der Waals surface area contributed by atoms with Crippen molar-refractivity contribution >= 4 is 29.7 Å². The molecule has 0 bridgehead atoms. The largest absolute Gasteiger partial charge is 0.504 e. The molecule has 2 aliphatic carbocycles. The Morgan fingerprint density at radius 3 is 1.89 bits per heavy atom. The van der Waals surface area contributed by atoms with Gasteiger partial charge in [-0.3, -0.25) is 9.59 Å². The third kappa shape index (κ3) is 7.45. The van der Waals surface area contributed by atoms with E-state index in [1.165, 1.54) is 54.6 Å². The monoisotopic (exact) mass is 612 g/mol. The van der Waals surface area contributed by atoms with Crippen molar-refractivity contribution in [3.8, 4) is 23.0 Å². The van der Waals surface area contributed by atoms with E-state index in [2.05, 4.69) is 0 Å². The number of carboxylic acids is 1. The van der Waals surface area contributed by atoms with Crippen LogP contribution in [0.4, 0.5) is 0 Å². The number of benzene rings is 2. The number of carbonyl (C=O) groups excluding carboxylic acids is 2. The summed E-state index contributed by atoms with van der Waals surface area (Å²) in [6.45, 7) is -0.686. The highest BCUT2D eigenvalue weighted by Gasteiger charge is 2.54. The average Bonchev–Trinajstić information content (AvgIpc) is 2.99. The van der Waals surface area contributed by atoms with E-state index >= 15 is 0 Å². The van der Waals surface area contributed by atoms with Crippen molar-refractivity contribution in [1.29, 1.82) is 0 Å². The highest BCUT2D eigenvalue weighted by molar-refractivity contribution is 6.00. The third-order valence-electron chi connectivity index (χ3n) is 8.10. The molecule has 2 aliphatic rings. The van der Waals surface area contributed by atoms with Crippen molar-refractivity contribution in [2.75, 3.05) is 6.61 Å². The molecule has 236 valence electrons. The van der Waals surface area contributed by atoms with Crippen molar-refractivity contribution in [3.63, 3.8) is 0 Å². The van der Waals surface area contributed by atoms with Crippen LogP contribution in [-0.2, 0) is 23.9 Å². The summed E-state index contributed by atoms with van der Waals surface area (Å²) in [6.07, 6.45) is 2.39. The Hall–Kier alpha value is -4.23. The molecule has 2 aromatic rings. The average molecular weight is 613 g/mol. The van der Waals surface area contributed by atoms with Gasteiger partial charge in [-0.15, -0.1) is 0 Å². The highest BCUT2D eigenvalue weighted by Crippen LogP contribution is 2.41. The van der Waals surface area contributed by atoms with Gasteiger partial charge in [-0.2, -0.15) is 0 Å². The zero-order valence-electron chi connectivity index (χ0n) is 23.8. The quantitative estimate of drug-likeness (QED) is 0.144. The molecule has 4 unspecified atom stereocenters. The van der Waals surface area contributed by atoms with Gasteiger partial charge in [-0.1, -0.05) is 43.5 Å². The smallest absolute Gasteiger partial charge is 0.336 e. The van der Waals surface area contributed by atoms with Gasteiger partial charge in [0.2, 0.25) is 0 Å². The zero-order chi connectivity index (χ0) is 32.1. The lowest BCUT2D eigenvalue weighted by Gasteiger charge is -2.46. The molecule has 44 heavy (non-hydrogen) atoms. The Kier molecular flexibility index (Phi) is 10.1. The Morgan fingerprint density at radius 2 is 1.34 bits per heavy atom. The third-order valence-corrected chi connectivity index (χ3v) is 8.10. The van der Waals surface area contributed by atoms with E-state index in [1.807, 2.05) is 0 Å². The highest BCUT2D eigenvalue weighted by atomic mass is 16.6. The predicted molar refractivity (Wildman–Crippen MR) is 156 cm³/mol. The van der Waals surface area contributed by atoms with Crippen LogP contribution >= 0.6 is 0 Å². The summed E-state index contributed by atoms with van der Waals surface area (Å²) in [6, 6.07) is 7.96. The molecule has 0 amide bonds. The van der Waals surface area contributed by atoms with Gasteiger partial charge >= 0.3 is 5.97 Å². The van der Waals surface area contributed by atoms with Gasteiger partial charge in [0.25, 0.3) is 0 Å². The summed E-state index contributed by atoms with van der Waals surface area (Å²) in [4.78, 5) is 38.6. The summed E-state index contributed by atoms with van der Waals surface area (Å²) < 4.78 is 11.8. The first-order valence-corrected chi connectivity index (χ1v) is 14.2. The van der Waals surface area contributed by atoms with Crippen LogP contribution in [0, 0.1) is 0 Å². The Morgan fingerprint density at radius 1 is 0.773 bits per heavy atom. The number of phenols is 4. The molecule has 2 aromatic carbocycles.